The summed E-state index contributed by atoms with van der Waals surface area (Å²) in [6, 6.07) is 0.0289. The average Bonchev–Trinajstić information content (AvgIpc) is 2.65. The summed E-state index contributed by atoms with van der Waals surface area (Å²) in [7, 11) is 5.70. The van der Waals surface area contributed by atoms with Crippen LogP contribution in [0.3, 0.4) is 0 Å². The first-order chi connectivity index (χ1) is 7.63. The number of aromatic nitrogens is 2. The molecule has 0 aliphatic heterocycles. The number of ether oxygens (including phenoxy) is 1. The summed E-state index contributed by atoms with van der Waals surface area (Å²) in [4.78, 5) is 2.22. The lowest BCUT2D eigenvalue weighted by Crippen LogP contribution is -2.30. The van der Waals surface area contributed by atoms with Crippen molar-refractivity contribution in [1.29, 1.82) is 0 Å². The van der Waals surface area contributed by atoms with Crippen molar-refractivity contribution in [3.8, 4) is 0 Å². The molecule has 1 aromatic rings. The van der Waals surface area contributed by atoms with Crippen LogP contribution in [0, 0.1) is 0 Å². The third kappa shape index (κ3) is 4.30. The van der Waals surface area contributed by atoms with E-state index in [1.54, 1.807) is 11.8 Å². The van der Waals surface area contributed by atoms with Gasteiger partial charge in [-0.1, -0.05) is 0 Å². The Morgan fingerprint density at radius 3 is 2.94 bits per heavy atom. The summed E-state index contributed by atoms with van der Waals surface area (Å²) in [6.07, 6.45) is 4.83. The van der Waals surface area contributed by atoms with E-state index in [0.717, 1.165) is 31.7 Å². The first-order valence-corrected chi connectivity index (χ1v) is 5.55. The van der Waals surface area contributed by atoms with Gasteiger partial charge in [0.25, 0.3) is 0 Å². The van der Waals surface area contributed by atoms with Crippen molar-refractivity contribution in [3.63, 3.8) is 0 Å². The fourth-order valence-electron chi connectivity index (χ4n) is 1.64. The Morgan fingerprint density at radius 2 is 2.38 bits per heavy atom. The van der Waals surface area contributed by atoms with E-state index in [4.69, 9.17) is 10.5 Å². The van der Waals surface area contributed by atoms with Crippen LogP contribution in [0.4, 0.5) is 0 Å². The molecule has 5 heteroatoms. The van der Waals surface area contributed by atoms with Gasteiger partial charge in [0.15, 0.2) is 0 Å². The fraction of sp³-hybridized carbons (Fsp3) is 0.727. The maximum absolute atomic E-state index is 6.09. The van der Waals surface area contributed by atoms with Crippen LogP contribution in [0.5, 0.6) is 0 Å². The van der Waals surface area contributed by atoms with Crippen LogP contribution in [0.15, 0.2) is 12.4 Å². The molecule has 0 spiro atoms. The highest BCUT2D eigenvalue weighted by atomic mass is 16.5. The van der Waals surface area contributed by atoms with Gasteiger partial charge in [0.05, 0.1) is 6.20 Å². The Hall–Kier alpha value is -0.910. The number of methoxy groups -OCH3 is 1. The molecule has 2 N–H and O–H groups in total. The van der Waals surface area contributed by atoms with E-state index in [2.05, 4.69) is 17.0 Å². The largest absolute Gasteiger partial charge is 0.385 e. The molecule has 0 amide bonds. The number of hydrogen-bond acceptors (Lipinski definition) is 4. The maximum atomic E-state index is 6.09. The summed E-state index contributed by atoms with van der Waals surface area (Å²) in [5.41, 5.74) is 7.17. The van der Waals surface area contributed by atoms with Gasteiger partial charge in [-0.15, -0.1) is 0 Å². The third-order valence-electron chi connectivity index (χ3n) is 2.55. The van der Waals surface area contributed by atoms with Gasteiger partial charge in [0.2, 0.25) is 0 Å². The van der Waals surface area contributed by atoms with Crippen molar-refractivity contribution in [2.75, 3.05) is 33.9 Å². The van der Waals surface area contributed by atoms with Crippen LogP contribution < -0.4 is 5.73 Å². The number of nitrogens with zero attached hydrogens (tertiary/aromatic N) is 3. The Morgan fingerprint density at radius 1 is 1.62 bits per heavy atom. The lowest BCUT2D eigenvalue weighted by atomic mass is 10.1. The molecule has 0 aliphatic rings. The van der Waals surface area contributed by atoms with E-state index in [1.165, 1.54) is 0 Å². The SMILES string of the molecule is COCCCN(C)CC(N)c1cnn(C)c1. The molecule has 1 aromatic heterocycles. The Balaban J connectivity index is 2.30. The Labute approximate surface area is 97.2 Å². The summed E-state index contributed by atoms with van der Waals surface area (Å²) in [5.74, 6) is 0. The first kappa shape index (κ1) is 13.2. The van der Waals surface area contributed by atoms with Gasteiger partial charge in [-0.05, 0) is 13.5 Å². The van der Waals surface area contributed by atoms with E-state index < -0.39 is 0 Å². The molecule has 1 unspecified atom stereocenters. The molecule has 0 radical (unpaired) electrons. The van der Waals surface area contributed by atoms with Crippen molar-refractivity contribution >= 4 is 0 Å². The molecular weight excluding hydrogens is 204 g/mol. The molecule has 16 heavy (non-hydrogen) atoms. The van der Waals surface area contributed by atoms with Crippen LogP contribution in [0.25, 0.3) is 0 Å². The van der Waals surface area contributed by atoms with Gasteiger partial charge in [-0.3, -0.25) is 4.68 Å². The fourth-order valence-corrected chi connectivity index (χ4v) is 1.64. The van der Waals surface area contributed by atoms with Crippen molar-refractivity contribution in [1.82, 2.24) is 14.7 Å². The molecule has 5 nitrogen and oxygen atoms in total. The third-order valence-corrected chi connectivity index (χ3v) is 2.55. The standard InChI is InChI=1S/C11H22N4O/c1-14(5-4-6-16-3)9-11(12)10-7-13-15(2)8-10/h7-8,11H,4-6,9,12H2,1-3H3. The number of likely N-dealkylation sites (N-methyl/N-ethyl adjacent to an activating group) is 1. The van der Waals surface area contributed by atoms with Crippen molar-refractivity contribution in [2.24, 2.45) is 12.8 Å². The van der Waals surface area contributed by atoms with Crippen LogP contribution in [-0.2, 0) is 11.8 Å². The second kappa shape index (κ2) is 6.62. The minimum Gasteiger partial charge on any atom is -0.385 e. The van der Waals surface area contributed by atoms with E-state index in [0.29, 0.717) is 0 Å². The Bertz CT molecular complexity index is 300. The number of rotatable bonds is 7. The predicted octanol–water partition coefficient (Wildman–Crippen LogP) is 0.388. The zero-order chi connectivity index (χ0) is 12.0. The first-order valence-electron chi connectivity index (χ1n) is 5.55. The van der Waals surface area contributed by atoms with Crippen molar-refractivity contribution in [3.05, 3.63) is 18.0 Å². The highest BCUT2D eigenvalue weighted by molar-refractivity contribution is 5.09. The second-order valence-corrected chi connectivity index (χ2v) is 4.16. The van der Waals surface area contributed by atoms with E-state index in [-0.39, 0.29) is 6.04 Å². The summed E-state index contributed by atoms with van der Waals surface area (Å²) < 4.78 is 6.79. The van der Waals surface area contributed by atoms with E-state index >= 15 is 0 Å². The molecule has 0 saturated carbocycles. The van der Waals surface area contributed by atoms with Crippen molar-refractivity contribution < 1.29 is 4.74 Å². The molecular formula is C11H22N4O. The van der Waals surface area contributed by atoms with Crippen LogP contribution in [-0.4, -0.2) is 48.5 Å². The van der Waals surface area contributed by atoms with Crippen LogP contribution >= 0.6 is 0 Å². The normalized spacial score (nSPS) is 13.3. The highest BCUT2D eigenvalue weighted by Gasteiger charge is 2.10. The molecule has 92 valence electrons. The zero-order valence-electron chi connectivity index (χ0n) is 10.4. The molecule has 0 aromatic carbocycles. The minimum absolute atomic E-state index is 0.0289. The zero-order valence-corrected chi connectivity index (χ0v) is 10.4. The monoisotopic (exact) mass is 226 g/mol. The van der Waals surface area contributed by atoms with E-state index in [1.807, 2.05) is 19.4 Å². The number of hydrogen-bond donors (Lipinski definition) is 1. The maximum Gasteiger partial charge on any atom is 0.0537 e. The second-order valence-electron chi connectivity index (χ2n) is 4.16. The molecule has 0 bridgehead atoms. The number of aryl methyl sites for hydroxylation is 1. The predicted molar refractivity (Wildman–Crippen MR) is 64.1 cm³/mol. The lowest BCUT2D eigenvalue weighted by molar-refractivity contribution is 0.177. The lowest BCUT2D eigenvalue weighted by Gasteiger charge is -2.20. The molecule has 1 heterocycles. The van der Waals surface area contributed by atoms with Gasteiger partial charge < -0.3 is 15.4 Å². The van der Waals surface area contributed by atoms with E-state index in [9.17, 15) is 0 Å². The molecule has 0 saturated heterocycles. The minimum atomic E-state index is 0.0289. The topological polar surface area (TPSA) is 56.3 Å². The van der Waals surface area contributed by atoms with Crippen LogP contribution in [0.2, 0.25) is 0 Å². The van der Waals surface area contributed by atoms with Gasteiger partial charge >= 0.3 is 0 Å². The molecule has 0 fully saturated rings. The Kier molecular flexibility index (Phi) is 5.45. The van der Waals surface area contributed by atoms with Gasteiger partial charge in [-0.25, -0.2) is 0 Å². The smallest absolute Gasteiger partial charge is 0.0537 e. The van der Waals surface area contributed by atoms with Gasteiger partial charge in [0.1, 0.15) is 0 Å². The summed E-state index contributed by atoms with van der Waals surface area (Å²) in [6.45, 7) is 2.64. The summed E-state index contributed by atoms with van der Waals surface area (Å²) >= 11 is 0. The van der Waals surface area contributed by atoms with Crippen LogP contribution in [0.1, 0.15) is 18.0 Å². The molecule has 0 aliphatic carbocycles. The molecule has 1 rings (SSSR count). The molecule has 1 atom stereocenters. The van der Waals surface area contributed by atoms with Gasteiger partial charge in [-0.2, -0.15) is 5.10 Å². The average molecular weight is 226 g/mol. The summed E-state index contributed by atoms with van der Waals surface area (Å²) in [5, 5.41) is 4.12. The number of nitrogens with two attached hydrogens (primary N) is 1. The van der Waals surface area contributed by atoms with Gasteiger partial charge in [0, 0.05) is 51.7 Å². The quantitative estimate of drug-likeness (QED) is 0.683. The van der Waals surface area contributed by atoms with Crippen molar-refractivity contribution in [2.45, 2.75) is 12.5 Å². The highest BCUT2D eigenvalue weighted by Crippen LogP contribution is 2.09.